The molecule has 2 aromatic carbocycles. The van der Waals surface area contributed by atoms with Crippen LogP contribution in [0.15, 0.2) is 53.5 Å². The Bertz CT molecular complexity index is 1040. The Labute approximate surface area is 194 Å². The zero-order chi connectivity index (χ0) is 22.8. The van der Waals surface area contributed by atoms with Crippen LogP contribution in [0.25, 0.3) is 0 Å². The lowest BCUT2D eigenvalue weighted by Gasteiger charge is -2.44. The predicted octanol–water partition coefficient (Wildman–Crippen LogP) is 4.70. The van der Waals surface area contributed by atoms with E-state index < -0.39 is 5.54 Å². The molecule has 1 aliphatic carbocycles. The molecule has 0 radical (unpaired) electrons. The molecule has 2 saturated heterocycles. The molecule has 0 bridgehead atoms. The van der Waals surface area contributed by atoms with Crippen LogP contribution in [-0.2, 0) is 6.54 Å². The Balaban J connectivity index is 1.43. The number of nitrogens with one attached hydrogen (secondary N) is 1. The zero-order valence-corrected chi connectivity index (χ0v) is 19.0. The van der Waals surface area contributed by atoms with E-state index in [1.54, 1.807) is 11.0 Å². The van der Waals surface area contributed by atoms with Crippen LogP contribution in [0.3, 0.4) is 0 Å². The van der Waals surface area contributed by atoms with Crippen LogP contribution >= 0.6 is 0 Å². The number of anilines is 2. The molecule has 5 rings (SSSR count). The lowest BCUT2D eigenvalue weighted by atomic mass is 9.84. The van der Waals surface area contributed by atoms with E-state index in [9.17, 15) is 9.18 Å². The monoisotopic (exact) mass is 449 g/mol. The fourth-order valence-corrected chi connectivity index (χ4v) is 5.59. The zero-order valence-electron chi connectivity index (χ0n) is 19.0. The van der Waals surface area contributed by atoms with E-state index in [-0.39, 0.29) is 17.9 Å². The fourth-order valence-electron chi connectivity index (χ4n) is 5.59. The van der Waals surface area contributed by atoms with Gasteiger partial charge in [0, 0.05) is 31.0 Å². The van der Waals surface area contributed by atoms with Crippen molar-refractivity contribution < 1.29 is 9.18 Å². The molecule has 3 aliphatic rings. The molecule has 0 atom stereocenters. The molecule has 2 amide bonds. The van der Waals surface area contributed by atoms with Gasteiger partial charge in [0.15, 0.2) is 0 Å². The maximum absolute atomic E-state index is 14.1. The second kappa shape index (κ2) is 9.14. The molecule has 2 aromatic rings. The van der Waals surface area contributed by atoms with Crippen LogP contribution in [-0.4, -0.2) is 41.4 Å². The van der Waals surface area contributed by atoms with Gasteiger partial charge in [0.1, 0.15) is 17.2 Å². The number of nitrogens with zero attached hydrogens (tertiary/aromatic N) is 3. The van der Waals surface area contributed by atoms with E-state index in [0.717, 1.165) is 56.8 Å². The molecule has 174 valence electrons. The molecular formula is C26H32FN5O. The molecular weight excluding hydrogens is 417 g/mol. The Morgan fingerprint density at radius 2 is 1.82 bits per heavy atom. The van der Waals surface area contributed by atoms with Crippen molar-refractivity contribution in [2.24, 2.45) is 4.99 Å². The normalized spacial score (nSPS) is 22.8. The Morgan fingerprint density at radius 1 is 1.06 bits per heavy atom. The van der Waals surface area contributed by atoms with Crippen molar-refractivity contribution in [3.8, 4) is 0 Å². The van der Waals surface area contributed by atoms with Gasteiger partial charge in [0.25, 0.3) is 0 Å². The number of piperidine rings is 1. The number of amides is 2. The first-order valence-corrected chi connectivity index (χ1v) is 12.1. The van der Waals surface area contributed by atoms with Gasteiger partial charge < -0.3 is 5.73 Å². The number of benzene rings is 2. The second-order valence-electron chi connectivity index (χ2n) is 9.57. The molecule has 3 fully saturated rings. The number of aliphatic imine (C=N–C) groups is 1. The number of carbonyl (C=O) groups excluding carboxylic acids is 1. The van der Waals surface area contributed by atoms with E-state index in [1.165, 1.54) is 37.0 Å². The number of hydrogen-bond donors (Lipinski definition) is 2. The molecule has 1 saturated carbocycles. The summed E-state index contributed by atoms with van der Waals surface area (Å²) < 4.78 is 14.1. The van der Waals surface area contributed by atoms with Crippen LogP contribution in [0.5, 0.6) is 0 Å². The van der Waals surface area contributed by atoms with Gasteiger partial charge in [-0.3, -0.25) is 20.1 Å². The molecule has 6 nitrogen and oxygen atoms in total. The topological polar surface area (TPSA) is 74.0 Å². The minimum absolute atomic E-state index is 0.209. The van der Waals surface area contributed by atoms with Gasteiger partial charge in [-0.15, -0.1) is 0 Å². The maximum Gasteiger partial charge on any atom is 0.328 e. The number of rotatable bonds is 4. The summed E-state index contributed by atoms with van der Waals surface area (Å²) in [5.74, 6) is 0.430. The second-order valence-corrected chi connectivity index (χ2v) is 9.57. The number of urea groups is 1. The summed E-state index contributed by atoms with van der Waals surface area (Å²) in [6, 6.07) is 14.4. The lowest BCUT2D eigenvalue weighted by Crippen LogP contribution is -2.57. The largest absolute Gasteiger partial charge is 0.399 e. The summed E-state index contributed by atoms with van der Waals surface area (Å²) in [7, 11) is 0. The van der Waals surface area contributed by atoms with Crippen molar-refractivity contribution in [2.45, 2.75) is 63.1 Å². The average Bonchev–Trinajstić information content (AvgIpc) is 3.06. The number of hydrogen-bond acceptors (Lipinski definition) is 4. The van der Waals surface area contributed by atoms with Crippen molar-refractivity contribution in [1.82, 2.24) is 10.2 Å². The van der Waals surface area contributed by atoms with Crippen LogP contribution in [0.2, 0.25) is 0 Å². The van der Waals surface area contributed by atoms with Crippen LogP contribution in [0, 0.1) is 5.82 Å². The Morgan fingerprint density at radius 3 is 2.55 bits per heavy atom. The smallest absolute Gasteiger partial charge is 0.328 e. The maximum atomic E-state index is 14.1. The van der Waals surface area contributed by atoms with Crippen molar-refractivity contribution in [3.05, 3.63) is 59.9 Å². The summed E-state index contributed by atoms with van der Waals surface area (Å²) in [6.07, 6.45) is 7.25. The quantitative estimate of drug-likeness (QED) is 0.665. The van der Waals surface area contributed by atoms with Gasteiger partial charge in [0.2, 0.25) is 0 Å². The summed E-state index contributed by atoms with van der Waals surface area (Å²) in [6.45, 7) is 2.45. The molecule has 33 heavy (non-hydrogen) atoms. The minimum Gasteiger partial charge on any atom is -0.399 e. The summed E-state index contributed by atoms with van der Waals surface area (Å²) in [5.41, 5.74) is 7.94. The van der Waals surface area contributed by atoms with E-state index in [1.807, 2.05) is 24.3 Å². The van der Waals surface area contributed by atoms with E-state index in [4.69, 9.17) is 10.7 Å². The third-order valence-corrected chi connectivity index (χ3v) is 7.29. The first-order chi connectivity index (χ1) is 16.0. The number of carbonyl (C=O) groups is 1. The van der Waals surface area contributed by atoms with E-state index in [2.05, 4.69) is 16.3 Å². The van der Waals surface area contributed by atoms with E-state index >= 15 is 0 Å². The van der Waals surface area contributed by atoms with Crippen molar-refractivity contribution >= 4 is 23.2 Å². The Hall–Kier alpha value is -2.93. The molecule has 1 spiro atoms. The first-order valence-electron chi connectivity index (χ1n) is 12.1. The van der Waals surface area contributed by atoms with Crippen molar-refractivity contribution in [3.63, 3.8) is 0 Å². The number of likely N-dealkylation sites (tertiary alicyclic amines) is 1. The molecule has 2 aliphatic heterocycles. The van der Waals surface area contributed by atoms with Gasteiger partial charge in [-0.05, 0) is 61.6 Å². The highest BCUT2D eigenvalue weighted by molar-refractivity contribution is 6.19. The molecule has 3 N–H and O–H groups in total. The predicted molar refractivity (Wildman–Crippen MR) is 130 cm³/mol. The first kappa shape index (κ1) is 21.9. The molecule has 0 aromatic heterocycles. The summed E-state index contributed by atoms with van der Waals surface area (Å²) in [4.78, 5) is 22.5. The third kappa shape index (κ3) is 4.47. The van der Waals surface area contributed by atoms with Crippen LogP contribution in [0.1, 0.15) is 50.5 Å². The highest BCUT2D eigenvalue weighted by Crippen LogP contribution is 2.39. The van der Waals surface area contributed by atoms with Crippen molar-refractivity contribution in [2.75, 3.05) is 23.7 Å². The summed E-state index contributed by atoms with van der Waals surface area (Å²) >= 11 is 0. The average molecular weight is 450 g/mol. The fraction of sp³-hybridized carbons (Fsp3) is 0.462. The standard InChI is InChI=1S/C26H32FN5O/c27-20-7-5-11-23(17-20)32-25(33)30-24(29-22-9-2-1-3-10-22)26(32)12-14-31(15-13-26)18-19-6-4-8-21(28)16-19/h4-8,11,16-17,22H,1-3,9-10,12-15,18,28H2,(H,29,30,33). The van der Waals surface area contributed by atoms with E-state index in [0.29, 0.717) is 5.69 Å². The molecule has 2 heterocycles. The van der Waals surface area contributed by atoms with Gasteiger partial charge in [-0.25, -0.2) is 9.18 Å². The summed E-state index contributed by atoms with van der Waals surface area (Å²) in [5, 5.41) is 3.08. The van der Waals surface area contributed by atoms with Gasteiger partial charge in [-0.2, -0.15) is 0 Å². The van der Waals surface area contributed by atoms with Crippen LogP contribution in [0.4, 0.5) is 20.6 Å². The van der Waals surface area contributed by atoms with Gasteiger partial charge in [0.05, 0.1) is 6.04 Å². The highest BCUT2D eigenvalue weighted by atomic mass is 19.1. The minimum atomic E-state index is -0.561. The molecule has 0 unspecified atom stereocenters. The van der Waals surface area contributed by atoms with Crippen LogP contribution < -0.4 is 16.0 Å². The van der Waals surface area contributed by atoms with Gasteiger partial charge in [-0.1, -0.05) is 37.5 Å². The molecule has 7 heteroatoms. The SMILES string of the molecule is Nc1cccc(CN2CCC3(CC2)C(=NC2CCCCC2)NC(=O)N3c2cccc(F)c2)c1. The number of amidine groups is 1. The number of halogens is 1. The highest BCUT2D eigenvalue weighted by Gasteiger charge is 2.53. The van der Waals surface area contributed by atoms with Crippen molar-refractivity contribution in [1.29, 1.82) is 0 Å². The number of nitrogen functional groups attached to an aromatic ring is 1. The number of nitrogens with two attached hydrogens (primary N) is 1. The van der Waals surface area contributed by atoms with Gasteiger partial charge >= 0.3 is 6.03 Å². The lowest BCUT2D eigenvalue weighted by molar-refractivity contribution is 0.184. The Kier molecular flexibility index (Phi) is 6.06. The third-order valence-electron chi connectivity index (χ3n) is 7.29.